The zero-order valence-corrected chi connectivity index (χ0v) is 10.9. The Labute approximate surface area is 114 Å². The van der Waals surface area contributed by atoms with Gasteiger partial charge < -0.3 is 4.74 Å². The van der Waals surface area contributed by atoms with Crippen molar-refractivity contribution in [2.24, 2.45) is 0 Å². The number of rotatable bonds is 6. The lowest BCUT2D eigenvalue weighted by molar-refractivity contribution is -0.384. The van der Waals surface area contributed by atoms with Crippen molar-refractivity contribution >= 4 is 29.0 Å². The second-order valence-corrected chi connectivity index (χ2v) is 4.50. The van der Waals surface area contributed by atoms with Gasteiger partial charge >= 0.3 is 5.97 Å². The van der Waals surface area contributed by atoms with E-state index in [0.29, 0.717) is 5.56 Å². The molecule has 1 aromatic rings. The quantitative estimate of drug-likeness (QED) is 0.263. The Balaban J connectivity index is 2.46. The number of hydrogen-bond donors (Lipinski definition) is 0. The smallest absolute Gasteiger partial charge is 0.313 e. The standard InChI is InChI=1S/C12H12ClNO5/c1-8(13)11(15)6-12(16)19-7-9-2-4-10(5-3-9)14(17)18/h2-5,8H,6-7H2,1H3/t8-/m0/s1. The predicted octanol–water partition coefficient (Wildman–Crippen LogP) is 2.22. The van der Waals surface area contributed by atoms with Gasteiger partial charge in [0, 0.05) is 12.1 Å². The highest BCUT2D eigenvalue weighted by Crippen LogP contribution is 2.12. The molecular weight excluding hydrogens is 274 g/mol. The van der Waals surface area contributed by atoms with Crippen LogP contribution in [0.1, 0.15) is 18.9 Å². The third-order valence-corrected chi connectivity index (χ3v) is 2.55. The number of nitrogens with zero attached hydrogens (tertiary/aromatic N) is 1. The van der Waals surface area contributed by atoms with Gasteiger partial charge in [-0.05, 0) is 24.6 Å². The number of alkyl halides is 1. The van der Waals surface area contributed by atoms with Crippen LogP contribution in [-0.2, 0) is 20.9 Å². The summed E-state index contributed by atoms with van der Waals surface area (Å²) >= 11 is 5.52. The fraction of sp³-hybridized carbons (Fsp3) is 0.333. The first-order chi connectivity index (χ1) is 8.90. The van der Waals surface area contributed by atoms with Crippen LogP contribution in [0.2, 0.25) is 0 Å². The highest BCUT2D eigenvalue weighted by atomic mass is 35.5. The normalized spacial score (nSPS) is 11.7. The maximum Gasteiger partial charge on any atom is 0.313 e. The maximum absolute atomic E-state index is 11.3. The van der Waals surface area contributed by atoms with E-state index in [0.717, 1.165) is 0 Å². The number of halogens is 1. The van der Waals surface area contributed by atoms with Crippen molar-refractivity contribution in [2.45, 2.75) is 25.3 Å². The van der Waals surface area contributed by atoms with Crippen LogP contribution < -0.4 is 0 Å². The van der Waals surface area contributed by atoms with E-state index in [9.17, 15) is 19.7 Å². The number of nitro benzene ring substituents is 1. The molecule has 6 nitrogen and oxygen atoms in total. The molecule has 7 heteroatoms. The number of esters is 1. The number of nitro groups is 1. The van der Waals surface area contributed by atoms with Crippen LogP contribution in [0.25, 0.3) is 0 Å². The van der Waals surface area contributed by atoms with Gasteiger partial charge in [-0.2, -0.15) is 0 Å². The number of ketones is 1. The first-order valence-corrected chi connectivity index (χ1v) is 5.89. The number of benzene rings is 1. The van der Waals surface area contributed by atoms with E-state index in [4.69, 9.17) is 16.3 Å². The van der Waals surface area contributed by atoms with E-state index in [2.05, 4.69) is 0 Å². The number of Topliss-reactive ketones (excluding diaryl/α,β-unsaturated/α-hetero) is 1. The van der Waals surface area contributed by atoms with E-state index in [1.54, 1.807) is 0 Å². The minimum atomic E-state index is -0.730. The average molecular weight is 286 g/mol. The van der Waals surface area contributed by atoms with Crippen LogP contribution in [0.15, 0.2) is 24.3 Å². The van der Waals surface area contributed by atoms with E-state index in [-0.39, 0.29) is 18.7 Å². The van der Waals surface area contributed by atoms with Gasteiger partial charge in [0.05, 0.1) is 10.3 Å². The molecule has 1 atom stereocenters. The monoisotopic (exact) mass is 285 g/mol. The lowest BCUT2D eigenvalue weighted by Crippen LogP contribution is -2.17. The van der Waals surface area contributed by atoms with E-state index in [1.165, 1.54) is 31.2 Å². The summed E-state index contributed by atoms with van der Waals surface area (Å²) in [6.07, 6.45) is -0.377. The van der Waals surface area contributed by atoms with Gasteiger partial charge in [0.25, 0.3) is 5.69 Å². The van der Waals surface area contributed by atoms with E-state index in [1.807, 2.05) is 0 Å². The van der Waals surface area contributed by atoms with Gasteiger partial charge in [0.1, 0.15) is 13.0 Å². The summed E-state index contributed by atoms with van der Waals surface area (Å²) in [6, 6.07) is 5.60. The SMILES string of the molecule is C[C@H](Cl)C(=O)CC(=O)OCc1ccc([N+](=O)[O-])cc1. The molecule has 0 amide bonds. The van der Waals surface area contributed by atoms with Crippen molar-refractivity contribution < 1.29 is 19.2 Å². The Kier molecular flexibility index (Phi) is 5.44. The Hall–Kier alpha value is -1.95. The van der Waals surface area contributed by atoms with Crippen molar-refractivity contribution in [3.63, 3.8) is 0 Å². The van der Waals surface area contributed by atoms with Crippen LogP contribution in [0.3, 0.4) is 0 Å². The van der Waals surface area contributed by atoms with Gasteiger partial charge in [0.2, 0.25) is 0 Å². The molecule has 1 rings (SSSR count). The van der Waals surface area contributed by atoms with Crippen LogP contribution in [-0.4, -0.2) is 22.1 Å². The molecule has 0 saturated heterocycles. The van der Waals surface area contributed by atoms with E-state index < -0.39 is 22.1 Å². The van der Waals surface area contributed by atoms with Crippen LogP contribution in [0.5, 0.6) is 0 Å². The molecule has 19 heavy (non-hydrogen) atoms. The van der Waals surface area contributed by atoms with Crippen LogP contribution >= 0.6 is 11.6 Å². The van der Waals surface area contributed by atoms with Gasteiger partial charge in [-0.3, -0.25) is 19.7 Å². The molecule has 0 aliphatic rings. The van der Waals surface area contributed by atoms with Crippen molar-refractivity contribution in [3.05, 3.63) is 39.9 Å². The Morgan fingerprint density at radius 2 is 1.95 bits per heavy atom. The van der Waals surface area contributed by atoms with Gasteiger partial charge in [-0.25, -0.2) is 0 Å². The Morgan fingerprint density at radius 1 is 1.37 bits per heavy atom. The highest BCUT2D eigenvalue weighted by molar-refractivity contribution is 6.32. The fourth-order valence-electron chi connectivity index (χ4n) is 1.21. The van der Waals surface area contributed by atoms with Crippen molar-refractivity contribution in [1.29, 1.82) is 0 Å². The summed E-state index contributed by atoms with van der Waals surface area (Å²) in [5.74, 6) is -1.08. The zero-order valence-electron chi connectivity index (χ0n) is 10.2. The number of carbonyl (C=O) groups excluding carboxylic acids is 2. The number of non-ortho nitro benzene ring substituents is 1. The van der Waals surface area contributed by atoms with E-state index >= 15 is 0 Å². The van der Waals surface area contributed by atoms with Crippen LogP contribution in [0, 0.1) is 10.1 Å². The topological polar surface area (TPSA) is 86.5 Å². The second-order valence-electron chi connectivity index (χ2n) is 3.84. The lowest BCUT2D eigenvalue weighted by atomic mass is 10.2. The zero-order chi connectivity index (χ0) is 14.4. The first kappa shape index (κ1) is 15.1. The van der Waals surface area contributed by atoms with Crippen molar-refractivity contribution in [3.8, 4) is 0 Å². The summed E-state index contributed by atoms with van der Waals surface area (Å²) < 4.78 is 4.86. The van der Waals surface area contributed by atoms with Crippen molar-refractivity contribution in [2.75, 3.05) is 0 Å². The molecule has 102 valence electrons. The molecule has 1 aromatic carbocycles. The highest BCUT2D eigenvalue weighted by Gasteiger charge is 2.15. The molecule has 0 N–H and O–H groups in total. The molecule has 0 fully saturated rings. The minimum absolute atomic E-state index is 0.0405. The van der Waals surface area contributed by atoms with Crippen LogP contribution in [0.4, 0.5) is 5.69 Å². The van der Waals surface area contributed by atoms with Gasteiger partial charge in [-0.15, -0.1) is 11.6 Å². The molecule has 0 bridgehead atoms. The lowest BCUT2D eigenvalue weighted by Gasteiger charge is -2.05. The summed E-state index contributed by atoms with van der Waals surface area (Å²) in [6.45, 7) is 1.44. The number of carbonyl (C=O) groups is 2. The molecular formula is C12H12ClNO5. The second kappa shape index (κ2) is 6.84. The molecule has 0 heterocycles. The number of hydrogen-bond acceptors (Lipinski definition) is 5. The third kappa shape index (κ3) is 5.05. The average Bonchev–Trinajstić information content (AvgIpc) is 2.36. The van der Waals surface area contributed by atoms with Crippen molar-refractivity contribution in [1.82, 2.24) is 0 Å². The number of ether oxygens (including phenoxy) is 1. The summed E-state index contributed by atoms with van der Waals surface area (Å²) in [7, 11) is 0. The molecule has 0 radical (unpaired) electrons. The predicted molar refractivity (Wildman–Crippen MR) is 67.8 cm³/mol. The fourth-order valence-corrected chi connectivity index (χ4v) is 1.29. The summed E-state index contributed by atoms with van der Waals surface area (Å²) in [5.41, 5.74) is 0.562. The molecule has 0 unspecified atom stereocenters. The Bertz CT molecular complexity index is 483. The molecule has 0 aliphatic carbocycles. The molecule has 0 saturated carbocycles. The molecule has 0 spiro atoms. The molecule has 0 aromatic heterocycles. The third-order valence-electron chi connectivity index (χ3n) is 2.31. The summed E-state index contributed by atoms with van der Waals surface area (Å²) in [4.78, 5) is 32.4. The largest absolute Gasteiger partial charge is 0.460 e. The van der Waals surface area contributed by atoms with Gasteiger partial charge in [-0.1, -0.05) is 0 Å². The van der Waals surface area contributed by atoms with Gasteiger partial charge in [0.15, 0.2) is 5.78 Å². The molecule has 0 aliphatic heterocycles. The maximum atomic E-state index is 11.3. The Morgan fingerprint density at radius 3 is 2.42 bits per heavy atom. The summed E-state index contributed by atoms with van der Waals surface area (Å²) in [5, 5.41) is 9.70. The first-order valence-electron chi connectivity index (χ1n) is 5.46. The minimum Gasteiger partial charge on any atom is -0.460 e.